The van der Waals surface area contributed by atoms with Gasteiger partial charge in [0.05, 0.1) is 17.6 Å². The maximum absolute atomic E-state index is 12.2. The van der Waals surface area contributed by atoms with Crippen molar-refractivity contribution in [2.24, 2.45) is 0 Å². The van der Waals surface area contributed by atoms with Crippen molar-refractivity contribution >= 4 is 35.0 Å². The van der Waals surface area contributed by atoms with Crippen LogP contribution in [0.15, 0.2) is 41.3 Å². The van der Waals surface area contributed by atoms with E-state index in [1.54, 1.807) is 31.2 Å². The van der Waals surface area contributed by atoms with Crippen LogP contribution < -0.4 is 10.1 Å². The number of anilines is 1. The number of rotatable bonds is 7. The fourth-order valence-corrected chi connectivity index (χ4v) is 2.91. The van der Waals surface area contributed by atoms with Gasteiger partial charge in [-0.05, 0) is 30.9 Å². The summed E-state index contributed by atoms with van der Waals surface area (Å²) in [5.74, 6) is -1.15. The number of thioether (sulfide) groups is 1. The Kier molecular flexibility index (Phi) is 6.78. The molecule has 0 spiro atoms. The summed E-state index contributed by atoms with van der Waals surface area (Å²) in [6, 6.07) is 9.58. The molecule has 2 aromatic carbocycles. The maximum atomic E-state index is 12.2. The third-order valence-electron chi connectivity index (χ3n) is 3.66. The zero-order chi connectivity index (χ0) is 20.0. The number of hydrogen-bond acceptors (Lipinski definition) is 7. The van der Waals surface area contributed by atoms with Crippen LogP contribution in [0.3, 0.4) is 0 Å². The predicted octanol–water partition coefficient (Wildman–Crippen LogP) is 3.43. The highest BCUT2D eigenvalue weighted by atomic mass is 32.2. The van der Waals surface area contributed by atoms with Gasteiger partial charge in [-0.3, -0.25) is 14.9 Å². The molecule has 2 aromatic rings. The summed E-state index contributed by atoms with van der Waals surface area (Å²) >= 11 is 1.40. The average Bonchev–Trinajstić information content (AvgIpc) is 2.67. The van der Waals surface area contributed by atoms with Crippen LogP contribution in [0, 0.1) is 17.0 Å². The number of nitrogens with zero attached hydrogens (tertiary/aromatic N) is 1. The molecule has 0 aliphatic rings. The number of amides is 1. The van der Waals surface area contributed by atoms with Crippen molar-refractivity contribution in [2.75, 3.05) is 25.3 Å². The van der Waals surface area contributed by atoms with Crippen molar-refractivity contribution in [3.8, 4) is 5.75 Å². The number of methoxy groups -OCH3 is 1. The summed E-state index contributed by atoms with van der Waals surface area (Å²) in [5, 5.41) is 13.6. The lowest BCUT2D eigenvalue weighted by Gasteiger charge is -2.11. The van der Waals surface area contributed by atoms with Gasteiger partial charge in [-0.1, -0.05) is 12.1 Å². The van der Waals surface area contributed by atoms with Crippen molar-refractivity contribution in [3.05, 3.63) is 57.6 Å². The van der Waals surface area contributed by atoms with Gasteiger partial charge in [-0.25, -0.2) is 4.79 Å². The molecule has 2 rings (SSSR count). The lowest BCUT2D eigenvalue weighted by Crippen LogP contribution is -2.21. The summed E-state index contributed by atoms with van der Waals surface area (Å²) in [4.78, 5) is 35.5. The number of aryl methyl sites for hydroxylation is 1. The highest BCUT2D eigenvalue weighted by Gasteiger charge is 2.19. The lowest BCUT2D eigenvalue weighted by atomic mass is 10.1. The Morgan fingerprint density at radius 3 is 2.59 bits per heavy atom. The molecule has 0 aliphatic carbocycles. The molecule has 0 bridgehead atoms. The molecule has 0 atom stereocenters. The predicted molar refractivity (Wildman–Crippen MR) is 102 cm³/mol. The molecule has 27 heavy (non-hydrogen) atoms. The van der Waals surface area contributed by atoms with E-state index < -0.39 is 23.4 Å². The number of hydrogen-bond donors (Lipinski definition) is 1. The molecule has 0 fully saturated rings. The third-order valence-corrected chi connectivity index (χ3v) is 4.45. The van der Waals surface area contributed by atoms with Crippen LogP contribution in [-0.4, -0.2) is 36.8 Å². The minimum atomic E-state index is -0.604. The first kappa shape index (κ1) is 20.2. The van der Waals surface area contributed by atoms with Crippen LogP contribution in [0.4, 0.5) is 11.4 Å². The first-order valence-electron chi connectivity index (χ1n) is 7.80. The van der Waals surface area contributed by atoms with Crippen LogP contribution in [0.1, 0.15) is 15.9 Å². The number of nitrogens with one attached hydrogen (secondary N) is 1. The Hall–Kier alpha value is -3.07. The second kappa shape index (κ2) is 9.04. The van der Waals surface area contributed by atoms with Crippen molar-refractivity contribution in [1.29, 1.82) is 0 Å². The standard InChI is InChI=1S/C18H18N2O6S/c1-11-8-14(20(23)24)15(25-2)9-13(11)19-17(21)10-26-18(22)12-6-4-5-7-16(12)27-3/h4-9H,10H2,1-3H3,(H,19,21). The van der Waals surface area contributed by atoms with Gasteiger partial charge in [0.1, 0.15) is 0 Å². The quantitative estimate of drug-likeness (QED) is 0.334. The summed E-state index contributed by atoms with van der Waals surface area (Å²) < 4.78 is 10.0. The summed E-state index contributed by atoms with van der Waals surface area (Å²) in [7, 11) is 1.30. The van der Waals surface area contributed by atoms with E-state index in [2.05, 4.69) is 5.32 Å². The Bertz CT molecular complexity index is 884. The minimum Gasteiger partial charge on any atom is -0.490 e. The number of nitro groups is 1. The zero-order valence-corrected chi connectivity index (χ0v) is 15.8. The Morgan fingerprint density at radius 2 is 1.96 bits per heavy atom. The monoisotopic (exact) mass is 390 g/mol. The fourth-order valence-electron chi connectivity index (χ4n) is 2.32. The van der Waals surface area contributed by atoms with Crippen molar-refractivity contribution < 1.29 is 24.0 Å². The van der Waals surface area contributed by atoms with E-state index in [0.717, 1.165) is 4.90 Å². The molecule has 0 saturated heterocycles. The topological polar surface area (TPSA) is 108 Å². The smallest absolute Gasteiger partial charge is 0.339 e. The summed E-state index contributed by atoms with van der Waals surface area (Å²) in [5.41, 5.74) is 0.997. The Morgan fingerprint density at radius 1 is 1.26 bits per heavy atom. The molecule has 8 nitrogen and oxygen atoms in total. The third kappa shape index (κ3) is 4.98. The van der Waals surface area contributed by atoms with Gasteiger partial charge in [-0.15, -0.1) is 11.8 Å². The molecule has 0 heterocycles. The van der Waals surface area contributed by atoms with Crippen LogP contribution in [0.25, 0.3) is 0 Å². The molecule has 1 N–H and O–H groups in total. The second-order valence-electron chi connectivity index (χ2n) is 5.42. The van der Waals surface area contributed by atoms with Crippen LogP contribution in [0.2, 0.25) is 0 Å². The Balaban J connectivity index is 2.06. The van der Waals surface area contributed by atoms with Crippen LogP contribution in [0.5, 0.6) is 5.75 Å². The number of benzene rings is 2. The molecule has 0 unspecified atom stereocenters. The Labute approximate surface area is 160 Å². The van der Waals surface area contributed by atoms with E-state index in [9.17, 15) is 19.7 Å². The molecule has 1 amide bonds. The second-order valence-corrected chi connectivity index (χ2v) is 6.27. The average molecular weight is 390 g/mol. The van der Waals surface area contributed by atoms with E-state index in [0.29, 0.717) is 16.8 Å². The minimum absolute atomic E-state index is 0.0202. The van der Waals surface area contributed by atoms with Crippen molar-refractivity contribution in [2.45, 2.75) is 11.8 Å². The molecular weight excluding hydrogens is 372 g/mol. The summed E-state index contributed by atoms with van der Waals surface area (Å²) in [6.45, 7) is 1.13. The SMILES string of the molecule is COc1cc(NC(=O)COC(=O)c2ccccc2SC)c(C)cc1[N+](=O)[O-]. The lowest BCUT2D eigenvalue weighted by molar-refractivity contribution is -0.385. The molecule has 0 radical (unpaired) electrons. The number of carbonyl (C=O) groups is 2. The van der Waals surface area contributed by atoms with Gasteiger partial charge in [0.15, 0.2) is 12.4 Å². The molecular formula is C18H18N2O6S. The fraction of sp³-hybridized carbons (Fsp3) is 0.222. The van der Waals surface area contributed by atoms with Gasteiger partial charge in [0.25, 0.3) is 5.91 Å². The molecule has 0 aromatic heterocycles. The number of ether oxygens (including phenoxy) is 2. The van der Waals surface area contributed by atoms with E-state index >= 15 is 0 Å². The highest BCUT2D eigenvalue weighted by Crippen LogP contribution is 2.32. The number of nitro benzene ring substituents is 1. The van der Waals surface area contributed by atoms with Gasteiger partial charge >= 0.3 is 11.7 Å². The van der Waals surface area contributed by atoms with E-state index in [4.69, 9.17) is 9.47 Å². The largest absolute Gasteiger partial charge is 0.490 e. The first-order chi connectivity index (χ1) is 12.9. The number of carbonyl (C=O) groups excluding carboxylic acids is 2. The first-order valence-corrected chi connectivity index (χ1v) is 9.02. The molecule has 0 aliphatic heterocycles. The normalized spacial score (nSPS) is 10.2. The van der Waals surface area contributed by atoms with Gasteiger partial charge in [0, 0.05) is 22.7 Å². The molecule has 9 heteroatoms. The van der Waals surface area contributed by atoms with Gasteiger partial charge in [0.2, 0.25) is 0 Å². The van der Waals surface area contributed by atoms with E-state index in [1.807, 2.05) is 6.26 Å². The number of esters is 1. The molecule has 0 saturated carbocycles. The molecule has 142 valence electrons. The van der Waals surface area contributed by atoms with E-state index in [-0.39, 0.29) is 11.4 Å². The van der Waals surface area contributed by atoms with Crippen LogP contribution in [-0.2, 0) is 9.53 Å². The van der Waals surface area contributed by atoms with Crippen LogP contribution >= 0.6 is 11.8 Å². The highest BCUT2D eigenvalue weighted by molar-refractivity contribution is 7.98. The van der Waals surface area contributed by atoms with Gasteiger partial charge in [-0.2, -0.15) is 0 Å². The summed E-state index contributed by atoms with van der Waals surface area (Å²) in [6.07, 6.45) is 1.84. The van der Waals surface area contributed by atoms with Crippen molar-refractivity contribution in [3.63, 3.8) is 0 Å². The van der Waals surface area contributed by atoms with Gasteiger partial charge < -0.3 is 14.8 Å². The van der Waals surface area contributed by atoms with E-state index in [1.165, 1.54) is 31.0 Å². The zero-order valence-electron chi connectivity index (χ0n) is 15.0. The maximum Gasteiger partial charge on any atom is 0.339 e. The van der Waals surface area contributed by atoms with Crippen molar-refractivity contribution in [1.82, 2.24) is 0 Å².